The van der Waals surface area contributed by atoms with E-state index in [0.717, 1.165) is 19.0 Å². The van der Waals surface area contributed by atoms with Crippen molar-refractivity contribution in [3.63, 3.8) is 0 Å². The molecule has 0 amide bonds. The Bertz CT molecular complexity index is 316. The van der Waals surface area contributed by atoms with Crippen molar-refractivity contribution in [3.8, 4) is 0 Å². The van der Waals surface area contributed by atoms with E-state index in [9.17, 15) is 0 Å². The van der Waals surface area contributed by atoms with Crippen LogP contribution in [0.4, 0.5) is 5.69 Å². The van der Waals surface area contributed by atoms with Gasteiger partial charge in [0.15, 0.2) is 0 Å². The molecule has 1 aromatic carbocycles. The van der Waals surface area contributed by atoms with Crippen LogP contribution in [0, 0.1) is 18.8 Å². The number of hydrogen-bond acceptors (Lipinski definition) is 2. The van der Waals surface area contributed by atoms with E-state index >= 15 is 0 Å². The molecule has 0 aliphatic rings. The molecule has 1 atom stereocenters. The van der Waals surface area contributed by atoms with Gasteiger partial charge in [-0.25, -0.2) is 0 Å². The Morgan fingerprint density at radius 3 is 2.24 bits per heavy atom. The molecule has 2 heteroatoms. The second-order valence-corrected chi connectivity index (χ2v) is 5.45. The average molecular weight is 234 g/mol. The van der Waals surface area contributed by atoms with Crippen molar-refractivity contribution in [2.75, 3.05) is 25.0 Å². The Hall–Kier alpha value is -1.02. The van der Waals surface area contributed by atoms with E-state index in [1.807, 2.05) is 0 Å². The number of anilines is 1. The molecule has 1 unspecified atom stereocenters. The number of aryl methyl sites for hydroxylation is 1. The molecule has 17 heavy (non-hydrogen) atoms. The molecule has 0 radical (unpaired) electrons. The van der Waals surface area contributed by atoms with Crippen LogP contribution in [-0.4, -0.2) is 20.1 Å². The lowest BCUT2D eigenvalue weighted by Gasteiger charge is -2.26. The van der Waals surface area contributed by atoms with E-state index in [4.69, 9.17) is 5.73 Å². The Kier molecular flexibility index (Phi) is 5.49. The van der Waals surface area contributed by atoms with Gasteiger partial charge >= 0.3 is 0 Å². The van der Waals surface area contributed by atoms with Crippen LogP contribution in [0.3, 0.4) is 0 Å². The average Bonchev–Trinajstić information content (AvgIpc) is 2.28. The fourth-order valence-corrected chi connectivity index (χ4v) is 2.20. The minimum absolute atomic E-state index is 0.585. The van der Waals surface area contributed by atoms with Crippen molar-refractivity contribution in [2.45, 2.75) is 27.2 Å². The van der Waals surface area contributed by atoms with Crippen molar-refractivity contribution in [3.05, 3.63) is 29.8 Å². The van der Waals surface area contributed by atoms with Gasteiger partial charge in [-0.05, 0) is 43.9 Å². The molecule has 1 rings (SSSR count). The third kappa shape index (κ3) is 4.78. The van der Waals surface area contributed by atoms with Gasteiger partial charge in [0.1, 0.15) is 0 Å². The van der Waals surface area contributed by atoms with Crippen LogP contribution >= 0.6 is 0 Å². The predicted octanol–water partition coefficient (Wildman–Crippen LogP) is 3.05. The zero-order chi connectivity index (χ0) is 12.8. The summed E-state index contributed by atoms with van der Waals surface area (Å²) in [6, 6.07) is 8.67. The first kappa shape index (κ1) is 14.0. The second-order valence-electron chi connectivity index (χ2n) is 5.45. The normalized spacial score (nSPS) is 12.8. The highest BCUT2D eigenvalue weighted by atomic mass is 15.1. The van der Waals surface area contributed by atoms with Crippen molar-refractivity contribution in [2.24, 2.45) is 17.6 Å². The summed E-state index contributed by atoms with van der Waals surface area (Å²) in [5.41, 5.74) is 8.43. The minimum atomic E-state index is 0.585. The van der Waals surface area contributed by atoms with Gasteiger partial charge in [-0.1, -0.05) is 31.5 Å². The number of rotatable bonds is 6. The smallest absolute Gasteiger partial charge is 0.0363 e. The zero-order valence-corrected chi connectivity index (χ0v) is 11.6. The summed E-state index contributed by atoms with van der Waals surface area (Å²) >= 11 is 0. The largest absolute Gasteiger partial charge is 0.374 e. The fourth-order valence-electron chi connectivity index (χ4n) is 2.20. The molecule has 0 fully saturated rings. The molecular formula is C15H26N2. The maximum Gasteiger partial charge on any atom is 0.0363 e. The fraction of sp³-hybridized carbons (Fsp3) is 0.600. The van der Waals surface area contributed by atoms with E-state index in [2.05, 4.69) is 57.0 Å². The quantitative estimate of drug-likeness (QED) is 0.819. The van der Waals surface area contributed by atoms with Crippen molar-refractivity contribution < 1.29 is 0 Å². The first-order valence-electron chi connectivity index (χ1n) is 6.50. The Morgan fingerprint density at radius 1 is 1.18 bits per heavy atom. The molecule has 0 saturated carbocycles. The van der Waals surface area contributed by atoms with Gasteiger partial charge in [0.2, 0.25) is 0 Å². The molecule has 2 N–H and O–H groups in total. The van der Waals surface area contributed by atoms with E-state index in [-0.39, 0.29) is 0 Å². The lowest BCUT2D eigenvalue weighted by atomic mass is 9.96. The van der Waals surface area contributed by atoms with Gasteiger partial charge in [-0.15, -0.1) is 0 Å². The van der Waals surface area contributed by atoms with Crippen LogP contribution in [0.25, 0.3) is 0 Å². The highest BCUT2D eigenvalue weighted by Crippen LogP contribution is 2.17. The van der Waals surface area contributed by atoms with Crippen LogP contribution in [-0.2, 0) is 0 Å². The highest BCUT2D eigenvalue weighted by Gasteiger charge is 2.12. The first-order chi connectivity index (χ1) is 8.02. The highest BCUT2D eigenvalue weighted by molar-refractivity contribution is 5.46. The molecule has 0 aliphatic heterocycles. The van der Waals surface area contributed by atoms with Crippen LogP contribution in [0.1, 0.15) is 25.8 Å². The molecule has 0 aromatic heterocycles. The number of hydrogen-bond donors (Lipinski definition) is 1. The molecule has 0 spiro atoms. The predicted molar refractivity (Wildman–Crippen MR) is 76.4 cm³/mol. The van der Waals surface area contributed by atoms with Gasteiger partial charge < -0.3 is 10.6 Å². The van der Waals surface area contributed by atoms with Gasteiger partial charge in [0.25, 0.3) is 0 Å². The summed E-state index contributed by atoms with van der Waals surface area (Å²) in [5, 5.41) is 0. The minimum Gasteiger partial charge on any atom is -0.374 e. The van der Waals surface area contributed by atoms with Crippen LogP contribution in [0.15, 0.2) is 24.3 Å². The summed E-state index contributed by atoms with van der Waals surface area (Å²) in [6.45, 7) is 8.44. The third-order valence-electron chi connectivity index (χ3n) is 3.14. The van der Waals surface area contributed by atoms with E-state index in [1.165, 1.54) is 17.7 Å². The van der Waals surface area contributed by atoms with E-state index in [0.29, 0.717) is 5.92 Å². The number of nitrogens with zero attached hydrogens (tertiary/aromatic N) is 1. The summed E-state index contributed by atoms with van der Waals surface area (Å²) in [5.74, 6) is 1.30. The SMILES string of the molecule is Cc1ccc(N(C)CC(CN)CC(C)C)cc1. The van der Waals surface area contributed by atoms with Gasteiger partial charge in [0, 0.05) is 19.3 Å². The summed E-state index contributed by atoms with van der Waals surface area (Å²) in [7, 11) is 2.15. The molecule has 0 heterocycles. The topological polar surface area (TPSA) is 29.3 Å². The molecule has 0 bridgehead atoms. The van der Waals surface area contributed by atoms with Crippen LogP contribution in [0.5, 0.6) is 0 Å². The third-order valence-corrected chi connectivity index (χ3v) is 3.14. The zero-order valence-electron chi connectivity index (χ0n) is 11.6. The molecular weight excluding hydrogens is 208 g/mol. The Labute approximate surface area is 106 Å². The van der Waals surface area contributed by atoms with Crippen LogP contribution < -0.4 is 10.6 Å². The second kappa shape index (κ2) is 6.65. The van der Waals surface area contributed by atoms with Crippen molar-refractivity contribution >= 4 is 5.69 Å². The van der Waals surface area contributed by atoms with Gasteiger partial charge in [-0.3, -0.25) is 0 Å². The molecule has 96 valence electrons. The Balaban J connectivity index is 2.57. The first-order valence-corrected chi connectivity index (χ1v) is 6.50. The molecule has 1 aromatic rings. The monoisotopic (exact) mass is 234 g/mol. The molecule has 2 nitrogen and oxygen atoms in total. The maximum absolute atomic E-state index is 5.84. The van der Waals surface area contributed by atoms with Gasteiger partial charge in [0.05, 0.1) is 0 Å². The standard InChI is InChI=1S/C15H26N2/c1-12(2)9-14(10-16)11-17(4)15-7-5-13(3)6-8-15/h5-8,12,14H,9-11,16H2,1-4H3. The summed E-state index contributed by atoms with van der Waals surface area (Å²) in [6.07, 6.45) is 1.20. The number of benzene rings is 1. The van der Waals surface area contributed by atoms with Crippen molar-refractivity contribution in [1.29, 1.82) is 0 Å². The van der Waals surface area contributed by atoms with Crippen LogP contribution in [0.2, 0.25) is 0 Å². The Morgan fingerprint density at radius 2 is 1.76 bits per heavy atom. The van der Waals surface area contributed by atoms with Gasteiger partial charge in [-0.2, -0.15) is 0 Å². The molecule has 0 aliphatic carbocycles. The number of nitrogens with two attached hydrogens (primary N) is 1. The lowest BCUT2D eigenvalue weighted by Crippen LogP contribution is -2.30. The summed E-state index contributed by atoms with van der Waals surface area (Å²) < 4.78 is 0. The molecule has 0 saturated heterocycles. The lowest BCUT2D eigenvalue weighted by molar-refractivity contribution is 0.419. The maximum atomic E-state index is 5.84. The van der Waals surface area contributed by atoms with E-state index < -0.39 is 0 Å². The van der Waals surface area contributed by atoms with E-state index in [1.54, 1.807) is 0 Å². The van der Waals surface area contributed by atoms with Crippen molar-refractivity contribution in [1.82, 2.24) is 0 Å². The summed E-state index contributed by atoms with van der Waals surface area (Å²) in [4.78, 5) is 2.30.